The second-order valence-corrected chi connectivity index (χ2v) is 10.6. The van der Waals surface area contributed by atoms with E-state index in [0.29, 0.717) is 39.9 Å². The molecule has 1 aliphatic heterocycles. The van der Waals surface area contributed by atoms with Crippen molar-refractivity contribution in [1.29, 1.82) is 0 Å². The van der Waals surface area contributed by atoms with Crippen molar-refractivity contribution in [2.24, 2.45) is 0 Å². The average Bonchev–Trinajstić information content (AvgIpc) is 3.14. The van der Waals surface area contributed by atoms with Crippen LogP contribution in [0.1, 0.15) is 22.3 Å². The van der Waals surface area contributed by atoms with Crippen LogP contribution >= 0.6 is 27.7 Å². The van der Waals surface area contributed by atoms with Crippen LogP contribution in [0.3, 0.4) is 0 Å². The smallest absolute Gasteiger partial charge is 0.416 e. The van der Waals surface area contributed by atoms with E-state index in [0.717, 1.165) is 34.2 Å². The molecule has 0 spiro atoms. The standard InChI is InChI=1S/C28H22BrF3N2O5S/c1-16-5-3-6-17(9-16)15-39-25-21(29)10-18(11-22(25)38-2)12-23-26(36)34(27(37)40-23)14-24(35)33-20-8-4-7-19(13-20)28(30,31)32/h3-13H,14-15H2,1-2H3,(H,33,35)/b23-12-. The molecule has 7 nitrogen and oxygen atoms in total. The van der Waals surface area contributed by atoms with Gasteiger partial charge in [0.05, 0.1) is 22.1 Å². The van der Waals surface area contributed by atoms with E-state index in [9.17, 15) is 27.6 Å². The number of ether oxygens (including phenoxy) is 2. The fraction of sp³-hybridized carbons (Fsp3) is 0.179. The van der Waals surface area contributed by atoms with Gasteiger partial charge in [0.2, 0.25) is 5.91 Å². The second kappa shape index (κ2) is 12.2. The zero-order chi connectivity index (χ0) is 29.0. The predicted octanol–water partition coefficient (Wildman–Crippen LogP) is 7.04. The summed E-state index contributed by atoms with van der Waals surface area (Å²) in [5.74, 6) is -0.667. The topological polar surface area (TPSA) is 84.9 Å². The minimum Gasteiger partial charge on any atom is -0.493 e. The molecule has 1 aliphatic rings. The molecule has 0 aromatic heterocycles. The number of anilines is 1. The summed E-state index contributed by atoms with van der Waals surface area (Å²) in [6.07, 6.45) is -3.10. The van der Waals surface area contributed by atoms with Gasteiger partial charge in [-0.1, -0.05) is 35.9 Å². The number of halogens is 4. The highest BCUT2D eigenvalue weighted by Crippen LogP contribution is 2.39. The van der Waals surface area contributed by atoms with E-state index in [-0.39, 0.29) is 10.6 Å². The fourth-order valence-electron chi connectivity index (χ4n) is 3.83. The van der Waals surface area contributed by atoms with Crippen LogP contribution < -0.4 is 14.8 Å². The number of imide groups is 1. The van der Waals surface area contributed by atoms with E-state index < -0.39 is 35.3 Å². The first-order chi connectivity index (χ1) is 18.9. The Hall–Kier alpha value is -3.77. The molecule has 3 aromatic carbocycles. The molecule has 0 bridgehead atoms. The zero-order valence-electron chi connectivity index (χ0n) is 21.2. The maximum Gasteiger partial charge on any atom is 0.416 e. The molecule has 0 atom stereocenters. The maximum absolute atomic E-state index is 12.9. The molecular formula is C28H22BrF3N2O5S. The van der Waals surface area contributed by atoms with Gasteiger partial charge in [0, 0.05) is 5.69 Å². The molecule has 1 heterocycles. The van der Waals surface area contributed by atoms with Gasteiger partial charge >= 0.3 is 6.18 Å². The number of thioether (sulfide) groups is 1. The first kappa shape index (κ1) is 29.2. The lowest BCUT2D eigenvalue weighted by Gasteiger charge is -2.14. The summed E-state index contributed by atoms with van der Waals surface area (Å²) in [5, 5.41) is 1.61. The van der Waals surface area contributed by atoms with Gasteiger partial charge < -0.3 is 14.8 Å². The number of hydrogen-bond acceptors (Lipinski definition) is 6. The van der Waals surface area contributed by atoms with Crippen LogP contribution in [0.5, 0.6) is 11.5 Å². The van der Waals surface area contributed by atoms with Crippen LogP contribution in [-0.4, -0.2) is 35.6 Å². The van der Waals surface area contributed by atoms with Crippen molar-refractivity contribution >= 4 is 56.5 Å². The van der Waals surface area contributed by atoms with Crippen molar-refractivity contribution in [3.63, 3.8) is 0 Å². The molecule has 0 radical (unpaired) electrons. The van der Waals surface area contributed by atoms with Gasteiger partial charge in [-0.25, -0.2) is 0 Å². The molecule has 1 saturated heterocycles. The highest BCUT2D eigenvalue weighted by atomic mass is 79.9. The number of carbonyl (C=O) groups is 3. The normalized spacial score (nSPS) is 14.6. The third-order valence-electron chi connectivity index (χ3n) is 5.66. The van der Waals surface area contributed by atoms with Crippen LogP contribution in [-0.2, 0) is 22.4 Å². The Morgan fingerprint density at radius 2 is 1.85 bits per heavy atom. The number of carbonyl (C=O) groups excluding carboxylic acids is 3. The van der Waals surface area contributed by atoms with Crippen LogP contribution in [0.25, 0.3) is 6.08 Å². The van der Waals surface area contributed by atoms with E-state index >= 15 is 0 Å². The van der Waals surface area contributed by atoms with Gasteiger partial charge in [-0.3, -0.25) is 19.3 Å². The summed E-state index contributed by atoms with van der Waals surface area (Å²) >= 11 is 4.12. The summed E-state index contributed by atoms with van der Waals surface area (Å²) in [4.78, 5) is 38.6. The Bertz CT molecular complexity index is 1510. The van der Waals surface area contributed by atoms with Crippen molar-refractivity contribution in [2.75, 3.05) is 19.0 Å². The summed E-state index contributed by atoms with van der Waals surface area (Å²) in [5.41, 5.74) is 1.57. The molecule has 1 N–H and O–H groups in total. The van der Waals surface area contributed by atoms with Crippen LogP contribution in [0, 0.1) is 6.92 Å². The molecule has 208 valence electrons. The van der Waals surface area contributed by atoms with Crippen molar-refractivity contribution in [2.45, 2.75) is 19.7 Å². The number of benzene rings is 3. The molecule has 0 unspecified atom stereocenters. The summed E-state index contributed by atoms with van der Waals surface area (Å²) < 4.78 is 50.8. The van der Waals surface area contributed by atoms with Gasteiger partial charge in [0.1, 0.15) is 13.2 Å². The SMILES string of the molecule is COc1cc(/C=C2\SC(=O)N(CC(=O)Nc3cccc(C(F)(F)F)c3)C2=O)cc(Br)c1OCc1cccc(C)c1. The summed E-state index contributed by atoms with van der Waals surface area (Å²) in [6, 6.07) is 15.3. The van der Waals surface area contributed by atoms with Crippen LogP contribution in [0.4, 0.5) is 23.7 Å². The molecule has 1 fully saturated rings. The van der Waals surface area contributed by atoms with Crippen molar-refractivity contribution in [3.05, 3.63) is 92.3 Å². The van der Waals surface area contributed by atoms with Crippen molar-refractivity contribution < 1.29 is 37.0 Å². The number of alkyl halides is 3. The minimum absolute atomic E-state index is 0.0688. The first-order valence-corrected chi connectivity index (χ1v) is 13.3. The lowest BCUT2D eigenvalue weighted by Crippen LogP contribution is -2.36. The lowest BCUT2D eigenvalue weighted by atomic mass is 10.1. The minimum atomic E-state index is -4.58. The molecular weight excluding hydrogens is 613 g/mol. The van der Waals surface area contributed by atoms with E-state index in [1.807, 2.05) is 31.2 Å². The van der Waals surface area contributed by atoms with Gasteiger partial charge in [-0.05, 0) is 82.2 Å². The van der Waals surface area contributed by atoms with Gasteiger partial charge in [-0.2, -0.15) is 13.2 Å². The van der Waals surface area contributed by atoms with Gasteiger partial charge in [0.15, 0.2) is 11.5 Å². The highest BCUT2D eigenvalue weighted by molar-refractivity contribution is 9.10. The number of aryl methyl sites for hydroxylation is 1. The molecule has 40 heavy (non-hydrogen) atoms. The largest absolute Gasteiger partial charge is 0.493 e. The fourth-order valence-corrected chi connectivity index (χ4v) is 5.24. The van der Waals surface area contributed by atoms with E-state index in [4.69, 9.17) is 9.47 Å². The lowest BCUT2D eigenvalue weighted by molar-refractivity contribution is -0.137. The van der Waals surface area contributed by atoms with E-state index in [1.165, 1.54) is 19.3 Å². The molecule has 4 rings (SSSR count). The molecule has 3 amide bonds. The van der Waals surface area contributed by atoms with Crippen molar-refractivity contribution in [1.82, 2.24) is 4.90 Å². The molecule has 12 heteroatoms. The Balaban J connectivity index is 1.46. The highest BCUT2D eigenvalue weighted by Gasteiger charge is 2.36. The second-order valence-electron chi connectivity index (χ2n) is 8.71. The molecule has 3 aromatic rings. The summed E-state index contributed by atoms with van der Waals surface area (Å²) in [6.45, 7) is 1.63. The third-order valence-corrected chi connectivity index (χ3v) is 7.16. The van der Waals surface area contributed by atoms with Crippen molar-refractivity contribution in [3.8, 4) is 11.5 Å². The van der Waals surface area contributed by atoms with Gasteiger partial charge in [-0.15, -0.1) is 0 Å². The summed E-state index contributed by atoms with van der Waals surface area (Å²) in [7, 11) is 1.47. The number of amides is 3. The van der Waals surface area contributed by atoms with Crippen LogP contribution in [0.2, 0.25) is 0 Å². The third kappa shape index (κ3) is 7.05. The number of methoxy groups -OCH3 is 1. The number of rotatable bonds is 8. The van der Waals surface area contributed by atoms with Crippen LogP contribution in [0.15, 0.2) is 70.0 Å². The Morgan fingerprint density at radius 3 is 2.55 bits per heavy atom. The number of nitrogens with one attached hydrogen (secondary N) is 1. The first-order valence-electron chi connectivity index (χ1n) is 11.7. The van der Waals surface area contributed by atoms with Gasteiger partial charge in [0.25, 0.3) is 11.1 Å². The predicted molar refractivity (Wildman–Crippen MR) is 149 cm³/mol. The maximum atomic E-state index is 12.9. The monoisotopic (exact) mass is 634 g/mol. The molecule has 0 saturated carbocycles. The zero-order valence-corrected chi connectivity index (χ0v) is 23.6. The molecule has 0 aliphatic carbocycles. The Kier molecular flexibility index (Phi) is 8.89. The Morgan fingerprint density at radius 1 is 1.10 bits per heavy atom. The Labute approximate surface area is 240 Å². The van der Waals surface area contributed by atoms with E-state index in [1.54, 1.807) is 12.1 Å². The average molecular weight is 635 g/mol. The quantitative estimate of drug-likeness (QED) is 0.268. The number of hydrogen-bond donors (Lipinski definition) is 1. The van der Waals surface area contributed by atoms with E-state index in [2.05, 4.69) is 21.2 Å². The number of nitrogens with zero attached hydrogens (tertiary/aromatic N) is 1.